The van der Waals surface area contributed by atoms with Crippen LogP contribution in [0.2, 0.25) is 0 Å². The lowest BCUT2D eigenvalue weighted by atomic mass is 10.0. The molecule has 0 aliphatic carbocycles. The smallest absolute Gasteiger partial charge is 0.406 e. The fraction of sp³-hybridized carbons (Fsp3) is 0.571. The Morgan fingerprint density at radius 1 is 1.33 bits per heavy atom. The topological polar surface area (TPSA) is 47.7 Å². The van der Waals surface area contributed by atoms with Gasteiger partial charge in [-0.2, -0.15) is 0 Å². The van der Waals surface area contributed by atoms with Crippen LogP contribution in [0.4, 0.5) is 13.2 Å². The number of benzene rings is 1. The minimum absolute atomic E-state index is 0.0794. The highest BCUT2D eigenvalue weighted by molar-refractivity contribution is 5.31. The second kappa shape index (κ2) is 7.63. The van der Waals surface area contributed by atoms with E-state index in [0.717, 1.165) is 0 Å². The van der Waals surface area contributed by atoms with Crippen LogP contribution in [0.1, 0.15) is 18.5 Å². The summed E-state index contributed by atoms with van der Waals surface area (Å²) in [5.41, 5.74) is 6.44. The number of likely N-dealkylation sites (N-methyl/N-ethyl adjacent to an activating group) is 1. The summed E-state index contributed by atoms with van der Waals surface area (Å²) in [6.45, 7) is 2.74. The van der Waals surface area contributed by atoms with Gasteiger partial charge >= 0.3 is 6.36 Å². The molecule has 1 aromatic rings. The summed E-state index contributed by atoms with van der Waals surface area (Å²) in [6, 6.07) is 5.75. The highest BCUT2D eigenvalue weighted by Gasteiger charge is 2.31. The normalized spacial score (nSPS) is 15.0. The van der Waals surface area contributed by atoms with Crippen molar-refractivity contribution in [3.05, 3.63) is 29.8 Å². The quantitative estimate of drug-likeness (QED) is 0.841. The molecule has 2 unspecified atom stereocenters. The van der Waals surface area contributed by atoms with Crippen LogP contribution in [0.5, 0.6) is 5.75 Å². The molecule has 1 aromatic carbocycles. The molecule has 0 spiro atoms. The molecule has 0 bridgehead atoms. The largest absolute Gasteiger partial charge is 0.573 e. The highest BCUT2D eigenvalue weighted by atomic mass is 19.4. The van der Waals surface area contributed by atoms with Gasteiger partial charge in [-0.05, 0) is 31.7 Å². The van der Waals surface area contributed by atoms with E-state index < -0.39 is 6.36 Å². The van der Waals surface area contributed by atoms with Gasteiger partial charge in [-0.25, -0.2) is 0 Å². The van der Waals surface area contributed by atoms with Crippen LogP contribution < -0.4 is 10.5 Å². The van der Waals surface area contributed by atoms with Gasteiger partial charge in [0, 0.05) is 25.7 Å². The van der Waals surface area contributed by atoms with Crippen LogP contribution in [0.25, 0.3) is 0 Å². The van der Waals surface area contributed by atoms with Gasteiger partial charge < -0.3 is 15.2 Å². The molecule has 0 aromatic heterocycles. The zero-order valence-electron chi connectivity index (χ0n) is 12.4. The first-order chi connectivity index (χ1) is 9.78. The van der Waals surface area contributed by atoms with E-state index in [1.165, 1.54) is 18.2 Å². The van der Waals surface area contributed by atoms with Crippen LogP contribution >= 0.6 is 0 Å². The van der Waals surface area contributed by atoms with Crippen molar-refractivity contribution in [2.24, 2.45) is 5.73 Å². The standard InChI is InChI=1S/C14H21F3N2O2/c1-10(9-20-3)19(2)13(8-18)11-5-4-6-12(7-11)21-14(15,16)17/h4-7,10,13H,8-9,18H2,1-3H3. The Morgan fingerprint density at radius 3 is 2.52 bits per heavy atom. The Bertz CT molecular complexity index is 440. The predicted molar refractivity (Wildman–Crippen MR) is 74.0 cm³/mol. The lowest BCUT2D eigenvalue weighted by Gasteiger charge is -2.32. The van der Waals surface area contributed by atoms with Gasteiger partial charge in [-0.1, -0.05) is 12.1 Å². The molecule has 2 N–H and O–H groups in total. The van der Waals surface area contributed by atoms with E-state index in [2.05, 4.69) is 4.74 Å². The molecule has 0 fully saturated rings. The highest BCUT2D eigenvalue weighted by Crippen LogP contribution is 2.27. The minimum Gasteiger partial charge on any atom is -0.406 e. The zero-order chi connectivity index (χ0) is 16.0. The Hall–Kier alpha value is -1.31. The lowest BCUT2D eigenvalue weighted by molar-refractivity contribution is -0.274. The number of nitrogens with two attached hydrogens (primary N) is 1. The van der Waals surface area contributed by atoms with E-state index in [1.54, 1.807) is 13.2 Å². The number of rotatable bonds is 7. The van der Waals surface area contributed by atoms with Crippen molar-refractivity contribution in [3.63, 3.8) is 0 Å². The van der Waals surface area contributed by atoms with E-state index in [0.29, 0.717) is 12.2 Å². The molecule has 0 aliphatic rings. The number of hydrogen-bond acceptors (Lipinski definition) is 4. The Balaban J connectivity index is 2.93. The monoisotopic (exact) mass is 306 g/mol. The molecule has 1 rings (SSSR count). The van der Waals surface area contributed by atoms with Gasteiger partial charge in [0.2, 0.25) is 0 Å². The van der Waals surface area contributed by atoms with Crippen molar-refractivity contribution in [2.75, 3.05) is 27.3 Å². The Labute approximate surface area is 122 Å². The first-order valence-corrected chi connectivity index (χ1v) is 6.55. The van der Waals surface area contributed by atoms with E-state index in [-0.39, 0.29) is 24.4 Å². The van der Waals surface area contributed by atoms with Gasteiger partial charge in [-0.15, -0.1) is 13.2 Å². The average Bonchev–Trinajstić information content (AvgIpc) is 2.38. The molecule has 0 aliphatic heterocycles. The summed E-state index contributed by atoms with van der Waals surface area (Å²) in [7, 11) is 3.46. The summed E-state index contributed by atoms with van der Waals surface area (Å²) < 4.78 is 45.8. The maximum absolute atomic E-state index is 12.3. The summed E-state index contributed by atoms with van der Waals surface area (Å²) in [4.78, 5) is 1.97. The van der Waals surface area contributed by atoms with E-state index in [1.807, 2.05) is 18.9 Å². The number of methoxy groups -OCH3 is 1. The van der Waals surface area contributed by atoms with E-state index >= 15 is 0 Å². The SMILES string of the molecule is COCC(C)N(C)C(CN)c1cccc(OC(F)(F)F)c1. The lowest BCUT2D eigenvalue weighted by Crippen LogP contribution is -2.39. The summed E-state index contributed by atoms with van der Waals surface area (Å²) >= 11 is 0. The number of alkyl halides is 3. The van der Waals surface area contributed by atoms with E-state index in [9.17, 15) is 13.2 Å². The van der Waals surface area contributed by atoms with Crippen molar-refractivity contribution in [1.82, 2.24) is 4.90 Å². The average molecular weight is 306 g/mol. The van der Waals surface area contributed by atoms with Crippen molar-refractivity contribution in [2.45, 2.75) is 25.4 Å². The second-order valence-electron chi connectivity index (χ2n) is 4.84. The van der Waals surface area contributed by atoms with Gasteiger partial charge in [0.25, 0.3) is 0 Å². The van der Waals surface area contributed by atoms with E-state index in [4.69, 9.17) is 10.5 Å². The molecular formula is C14H21F3N2O2. The third-order valence-electron chi connectivity index (χ3n) is 3.29. The van der Waals surface area contributed by atoms with Crippen LogP contribution in [-0.2, 0) is 4.74 Å². The maximum Gasteiger partial charge on any atom is 0.573 e. The number of nitrogens with zero attached hydrogens (tertiary/aromatic N) is 1. The van der Waals surface area contributed by atoms with Gasteiger partial charge in [0.05, 0.1) is 6.61 Å². The molecule has 0 radical (unpaired) electrons. The van der Waals surface area contributed by atoms with Crippen LogP contribution in [-0.4, -0.2) is 44.6 Å². The molecular weight excluding hydrogens is 285 g/mol. The third kappa shape index (κ3) is 5.53. The summed E-state index contributed by atoms with van der Waals surface area (Å²) in [5, 5.41) is 0. The Kier molecular flexibility index (Phi) is 6.44. The van der Waals surface area contributed by atoms with Crippen molar-refractivity contribution in [3.8, 4) is 5.75 Å². The molecule has 0 heterocycles. The van der Waals surface area contributed by atoms with Crippen molar-refractivity contribution >= 4 is 0 Å². The first-order valence-electron chi connectivity index (χ1n) is 6.55. The van der Waals surface area contributed by atoms with Gasteiger partial charge in [0.15, 0.2) is 0 Å². The molecule has 120 valence electrons. The summed E-state index contributed by atoms with van der Waals surface area (Å²) in [5.74, 6) is -0.244. The van der Waals surface area contributed by atoms with Crippen LogP contribution in [0.15, 0.2) is 24.3 Å². The molecule has 0 amide bonds. The minimum atomic E-state index is -4.70. The number of hydrogen-bond donors (Lipinski definition) is 1. The zero-order valence-corrected chi connectivity index (χ0v) is 12.4. The van der Waals surface area contributed by atoms with Crippen molar-refractivity contribution in [1.29, 1.82) is 0 Å². The third-order valence-corrected chi connectivity index (χ3v) is 3.29. The van der Waals surface area contributed by atoms with Crippen molar-refractivity contribution < 1.29 is 22.6 Å². The number of halogens is 3. The maximum atomic E-state index is 12.3. The second-order valence-corrected chi connectivity index (χ2v) is 4.84. The molecule has 0 saturated heterocycles. The number of ether oxygens (including phenoxy) is 2. The first kappa shape index (κ1) is 17.7. The van der Waals surface area contributed by atoms with Gasteiger partial charge in [0.1, 0.15) is 5.75 Å². The van der Waals surface area contributed by atoms with Crippen LogP contribution in [0, 0.1) is 0 Å². The molecule has 4 nitrogen and oxygen atoms in total. The Morgan fingerprint density at radius 2 is 2.00 bits per heavy atom. The molecule has 21 heavy (non-hydrogen) atoms. The fourth-order valence-corrected chi connectivity index (χ4v) is 2.12. The molecule has 7 heteroatoms. The van der Waals surface area contributed by atoms with Gasteiger partial charge in [-0.3, -0.25) is 4.90 Å². The fourth-order valence-electron chi connectivity index (χ4n) is 2.12. The molecule has 0 saturated carbocycles. The predicted octanol–water partition coefficient (Wildman–Crippen LogP) is 2.55. The van der Waals surface area contributed by atoms with Crippen LogP contribution in [0.3, 0.4) is 0 Å². The molecule has 2 atom stereocenters. The summed E-state index contributed by atoms with van der Waals surface area (Å²) in [6.07, 6.45) is -4.70.